The van der Waals surface area contributed by atoms with E-state index in [0.29, 0.717) is 0 Å². The van der Waals surface area contributed by atoms with Crippen LogP contribution in [0.2, 0.25) is 0 Å². The molecule has 0 spiro atoms. The predicted octanol–water partition coefficient (Wildman–Crippen LogP) is -1.12. The first kappa shape index (κ1) is 22.3. The van der Waals surface area contributed by atoms with Crippen LogP contribution < -0.4 is 16.4 Å². The van der Waals surface area contributed by atoms with E-state index >= 15 is 0 Å². The molecule has 0 aliphatic carbocycles. The first-order valence-electron chi connectivity index (χ1n) is 8.42. The van der Waals surface area contributed by atoms with Crippen LogP contribution in [0.15, 0.2) is 30.3 Å². The number of aliphatic carboxylic acids is 1. The minimum absolute atomic E-state index is 0.154. The van der Waals surface area contributed by atoms with Crippen LogP contribution in [0.3, 0.4) is 0 Å². The highest BCUT2D eigenvalue weighted by Crippen LogP contribution is 2.04. The SMILES string of the molecule is C[C@@H](O)[C@H](NC(=O)[C@@H](N)Cc1ccccc1)C(=O)N[C@H]([C]=O)CCC(=O)O. The molecule has 0 fully saturated rings. The van der Waals surface area contributed by atoms with E-state index in [-0.39, 0.29) is 19.3 Å². The lowest BCUT2D eigenvalue weighted by Crippen LogP contribution is -2.57. The third-order valence-electron chi connectivity index (χ3n) is 3.80. The molecule has 1 aromatic rings. The minimum atomic E-state index is -1.35. The van der Waals surface area contributed by atoms with Crippen molar-refractivity contribution in [2.24, 2.45) is 5.73 Å². The molecule has 1 rings (SSSR count). The molecule has 27 heavy (non-hydrogen) atoms. The molecule has 1 aromatic carbocycles. The average molecular weight is 378 g/mol. The maximum absolute atomic E-state index is 12.3. The number of hydrogen-bond donors (Lipinski definition) is 5. The molecule has 0 unspecified atom stereocenters. The number of aliphatic hydroxyl groups excluding tert-OH is 1. The number of nitrogens with one attached hydrogen (secondary N) is 2. The second-order valence-corrected chi connectivity index (χ2v) is 6.13. The van der Waals surface area contributed by atoms with E-state index in [2.05, 4.69) is 10.6 Å². The summed E-state index contributed by atoms with van der Waals surface area (Å²) in [6, 6.07) is 5.59. The van der Waals surface area contributed by atoms with Crippen molar-refractivity contribution in [3.05, 3.63) is 35.9 Å². The zero-order chi connectivity index (χ0) is 20.4. The van der Waals surface area contributed by atoms with Crippen LogP contribution in [0, 0.1) is 0 Å². The Labute approximate surface area is 156 Å². The second kappa shape index (κ2) is 11.0. The Hall–Kier alpha value is -2.78. The van der Waals surface area contributed by atoms with E-state index in [0.717, 1.165) is 5.56 Å². The number of nitrogens with two attached hydrogens (primary N) is 1. The highest BCUT2D eigenvalue weighted by molar-refractivity contribution is 5.91. The summed E-state index contributed by atoms with van der Waals surface area (Å²) >= 11 is 0. The lowest BCUT2D eigenvalue weighted by molar-refractivity contribution is -0.137. The summed E-state index contributed by atoms with van der Waals surface area (Å²) < 4.78 is 0. The molecule has 0 saturated heterocycles. The van der Waals surface area contributed by atoms with Crippen molar-refractivity contribution in [1.82, 2.24) is 10.6 Å². The van der Waals surface area contributed by atoms with Crippen LogP contribution in [-0.2, 0) is 25.6 Å². The number of carbonyl (C=O) groups is 3. The molecular weight excluding hydrogens is 354 g/mol. The van der Waals surface area contributed by atoms with Crippen LogP contribution in [0.4, 0.5) is 0 Å². The van der Waals surface area contributed by atoms with Gasteiger partial charge in [0.05, 0.1) is 18.2 Å². The highest BCUT2D eigenvalue weighted by atomic mass is 16.4. The fourth-order valence-corrected chi connectivity index (χ4v) is 2.32. The predicted molar refractivity (Wildman–Crippen MR) is 96.2 cm³/mol. The third kappa shape index (κ3) is 7.97. The molecule has 0 bridgehead atoms. The molecule has 0 heterocycles. The van der Waals surface area contributed by atoms with E-state index < -0.39 is 42.0 Å². The van der Waals surface area contributed by atoms with Crippen LogP contribution in [-0.4, -0.2) is 58.5 Å². The van der Waals surface area contributed by atoms with Crippen molar-refractivity contribution in [1.29, 1.82) is 0 Å². The Morgan fingerprint density at radius 3 is 2.30 bits per heavy atom. The van der Waals surface area contributed by atoms with Crippen molar-refractivity contribution in [3.63, 3.8) is 0 Å². The monoisotopic (exact) mass is 378 g/mol. The Morgan fingerprint density at radius 1 is 1.15 bits per heavy atom. The van der Waals surface area contributed by atoms with Gasteiger partial charge < -0.3 is 26.6 Å². The van der Waals surface area contributed by atoms with Crippen molar-refractivity contribution in [2.45, 2.75) is 50.4 Å². The van der Waals surface area contributed by atoms with Crippen LogP contribution in [0.5, 0.6) is 0 Å². The normalized spacial score (nSPS) is 15.1. The van der Waals surface area contributed by atoms with E-state index in [1.165, 1.54) is 13.2 Å². The van der Waals surface area contributed by atoms with Crippen molar-refractivity contribution < 1.29 is 29.4 Å². The number of amides is 2. The Kier molecular flexibility index (Phi) is 9.11. The van der Waals surface area contributed by atoms with E-state index in [1.807, 2.05) is 6.07 Å². The topological polar surface area (TPSA) is 159 Å². The Morgan fingerprint density at radius 2 is 1.78 bits per heavy atom. The van der Waals surface area contributed by atoms with Crippen molar-refractivity contribution in [2.75, 3.05) is 0 Å². The van der Waals surface area contributed by atoms with Gasteiger partial charge in [0, 0.05) is 6.42 Å². The summed E-state index contributed by atoms with van der Waals surface area (Å²) in [7, 11) is 0. The third-order valence-corrected chi connectivity index (χ3v) is 3.80. The van der Waals surface area contributed by atoms with Gasteiger partial charge in [-0.1, -0.05) is 30.3 Å². The van der Waals surface area contributed by atoms with Gasteiger partial charge in [-0.2, -0.15) is 0 Å². The molecule has 6 N–H and O–H groups in total. The molecule has 0 aliphatic rings. The van der Waals surface area contributed by atoms with Crippen LogP contribution in [0.25, 0.3) is 0 Å². The second-order valence-electron chi connectivity index (χ2n) is 6.13. The quantitative estimate of drug-likeness (QED) is 0.326. The fourth-order valence-electron chi connectivity index (χ4n) is 2.32. The number of hydrogen-bond acceptors (Lipinski definition) is 6. The molecule has 9 heteroatoms. The standard InChI is InChI=1S/C18H24N3O6/c1-11(23)16(18(27)20-13(10-22)7-8-15(24)25)21-17(26)14(19)9-12-5-3-2-4-6-12/h2-6,11,13-14,16,23H,7-9,19H2,1H3,(H,20,27)(H,21,26)(H,24,25)/t11-,13+,14+,16+/m1/s1. The van der Waals surface area contributed by atoms with Gasteiger partial charge in [0.15, 0.2) is 0 Å². The number of aliphatic hydroxyl groups is 1. The molecular formula is C18H24N3O6. The van der Waals surface area contributed by atoms with Gasteiger partial charge in [0.2, 0.25) is 18.1 Å². The van der Waals surface area contributed by atoms with Gasteiger partial charge in [0.1, 0.15) is 6.04 Å². The summed E-state index contributed by atoms with van der Waals surface area (Å²) in [6.45, 7) is 1.30. The highest BCUT2D eigenvalue weighted by Gasteiger charge is 2.29. The number of carbonyl (C=O) groups excluding carboxylic acids is 3. The average Bonchev–Trinajstić information content (AvgIpc) is 2.62. The summed E-state index contributed by atoms with van der Waals surface area (Å²) in [4.78, 5) is 46.0. The summed E-state index contributed by atoms with van der Waals surface area (Å²) in [6.07, 6.45) is 0.0136. The van der Waals surface area contributed by atoms with Gasteiger partial charge in [-0.05, 0) is 25.3 Å². The summed E-state index contributed by atoms with van der Waals surface area (Å²) in [5.74, 6) is -2.60. The maximum atomic E-state index is 12.3. The van der Waals surface area contributed by atoms with Crippen molar-refractivity contribution in [3.8, 4) is 0 Å². The molecule has 0 aliphatic heterocycles. The Bertz CT molecular complexity index is 650. The van der Waals surface area contributed by atoms with Gasteiger partial charge in [-0.25, -0.2) is 0 Å². The molecule has 1 radical (unpaired) electrons. The molecule has 147 valence electrons. The smallest absolute Gasteiger partial charge is 0.303 e. The fraction of sp³-hybridized carbons (Fsp3) is 0.444. The van der Waals surface area contributed by atoms with Crippen LogP contribution >= 0.6 is 0 Å². The Balaban J connectivity index is 2.67. The lowest BCUT2D eigenvalue weighted by atomic mass is 10.0. The van der Waals surface area contributed by atoms with Gasteiger partial charge >= 0.3 is 5.97 Å². The summed E-state index contributed by atoms with van der Waals surface area (Å²) in [5.41, 5.74) is 6.69. The number of benzene rings is 1. The molecule has 9 nitrogen and oxygen atoms in total. The minimum Gasteiger partial charge on any atom is -0.481 e. The number of carboxylic acids is 1. The first-order chi connectivity index (χ1) is 12.7. The maximum Gasteiger partial charge on any atom is 0.303 e. The van der Waals surface area contributed by atoms with Gasteiger partial charge in [0.25, 0.3) is 0 Å². The lowest BCUT2D eigenvalue weighted by Gasteiger charge is -2.24. The molecule has 0 saturated carbocycles. The zero-order valence-corrected chi connectivity index (χ0v) is 14.9. The van der Waals surface area contributed by atoms with Gasteiger partial charge in [-0.3, -0.25) is 19.2 Å². The van der Waals surface area contributed by atoms with Crippen molar-refractivity contribution >= 4 is 24.1 Å². The largest absolute Gasteiger partial charge is 0.481 e. The molecule has 0 aromatic heterocycles. The molecule has 4 atom stereocenters. The summed E-state index contributed by atoms with van der Waals surface area (Å²) in [5, 5.41) is 23.0. The number of rotatable bonds is 11. The van der Waals surface area contributed by atoms with E-state index in [1.54, 1.807) is 24.3 Å². The van der Waals surface area contributed by atoms with Crippen LogP contribution in [0.1, 0.15) is 25.3 Å². The number of carboxylic acid groups (broad SMARTS) is 1. The zero-order valence-electron chi connectivity index (χ0n) is 14.9. The van der Waals surface area contributed by atoms with E-state index in [4.69, 9.17) is 10.8 Å². The van der Waals surface area contributed by atoms with Gasteiger partial charge in [-0.15, -0.1) is 0 Å². The van der Waals surface area contributed by atoms with E-state index in [9.17, 15) is 24.3 Å². The molecule has 2 amide bonds. The first-order valence-corrected chi connectivity index (χ1v) is 8.42.